The van der Waals surface area contributed by atoms with Crippen LogP contribution in [0.15, 0.2) is 65.6 Å². The number of benzene rings is 3. The van der Waals surface area contributed by atoms with Gasteiger partial charge >= 0.3 is 0 Å². The van der Waals surface area contributed by atoms with E-state index in [1.807, 2.05) is 44.2 Å². The molecule has 0 saturated carbocycles. The van der Waals surface area contributed by atoms with Gasteiger partial charge in [-0.25, -0.2) is 0 Å². The van der Waals surface area contributed by atoms with Crippen molar-refractivity contribution < 1.29 is 23.9 Å². The normalized spacial score (nSPS) is 14.3. The molecule has 0 aliphatic carbocycles. The SMILES string of the molecule is COc1cc(/C=C2\SC(=O)N(Cc3ccc(C)cc3)C2=O)ccc1OCC(=O)Nc1ccc(C)c(Cl)c1. The third-order valence-corrected chi connectivity index (χ3v) is 6.95. The highest BCUT2D eigenvalue weighted by molar-refractivity contribution is 8.18. The van der Waals surface area contributed by atoms with Crippen LogP contribution in [0.2, 0.25) is 5.02 Å². The molecule has 190 valence electrons. The van der Waals surface area contributed by atoms with Gasteiger partial charge in [0.2, 0.25) is 0 Å². The van der Waals surface area contributed by atoms with E-state index in [1.165, 1.54) is 12.0 Å². The summed E-state index contributed by atoms with van der Waals surface area (Å²) < 4.78 is 11.1. The molecule has 1 saturated heterocycles. The Morgan fingerprint density at radius 2 is 1.78 bits per heavy atom. The number of rotatable bonds is 8. The molecule has 9 heteroatoms. The van der Waals surface area contributed by atoms with Gasteiger partial charge in [0.15, 0.2) is 18.1 Å². The lowest BCUT2D eigenvalue weighted by Crippen LogP contribution is -2.27. The Labute approximate surface area is 224 Å². The largest absolute Gasteiger partial charge is 0.493 e. The first-order valence-electron chi connectivity index (χ1n) is 11.4. The fourth-order valence-electron chi connectivity index (χ4n) is 3.57. The smallest absolute Gasteiger partial charge is 0.293 e. The van der Waals surface area contributed by atoms with Gasteiger partial charge in [-0.2, -0.15) is 0 Å². The van der Waals surface area contributed by atoms with Gasteiger partial charge in [0.1, 0.15) is 0 Å². The van der Waals surface area contributed by atoms with Crippen molar-refractivity contribution in [2.24, 2.45) is 0 Å². The van der Waals surface area contributed by atoms with E-state index in [1.54, 1.807) is 36.4 Å². The third-order valence-electron chi connectivity index (χ3n) is 5.63. The Morgan fingerprint density at radius 1 is 1.03 bits per heavy atom. The molecule has 3 amide bonds. The van der Waals surface area contributed by atoms with Crippen molar-refractivity contribution >= 4 is 52.2 Å². The van der Waals surface area contributed by atoms with Crippen LogP contribution in [-0.2, 0) is 16.1 Å². The predicted molar refractivity (Wildman–Crippen MR) is 146 cm³/mol. The molecule has 0 aromatic heterocycles. The molecule has 7 nitrogen and oxygen atoms in total. The number of imide groups is 1. The zero-order valence-electron chi connectivity index (χ0n) is 20.5. The van der Waals surface area contributed by atoms with E-state index < -0.39 is 0 Å². The van der Waals surface area contributed by atoms with Crippen LogP contribution in [-0.4, -0.2) is 35.7 Å². The van der Waals surface area contributed by atoms with E-state index in [2.05, 4.69) is 5.32 Å². The van der Waals surface area contributed by atoms with Gasteiger partial charge in [0, 0.05) is 10.7 Å². The second kappa shape index (κ2) is 11.5. The molecular formula is C28H25ClN2O5S. The molecule has 4 rings (SSSR count). The lowest BCUT2D eigenvalue weighted by molar-refractivity contribution is -0.123. The number of ether oxygens (including phenoxy) is 2. The fraction of sp³-hybridized carbons (Fsp3) is 0.179. The molecule has 1 N–H and O–H groups in total. The average Bonchev–Trinajstić information content (AvgIpc) is 3.13. The first-order chi connectivity index (χ1) is 17.7. The fourth-order valence-corrected chi connectivity index (χ4v) is 4.59. The number of methoxy groups -OCH3 is 1. The van der Waals surface area contributed by atoms with Crippen LogP contribution in [0.25, 0.3) is 6.08 Å². The van der Waals surface area contributed by atoms with Crippen LogP contribution >= 0.6 is 23.4 Å². The first-order valence-corrected chi connectivity index (χ1v) is 12.6. The lowest BCUT2D eigenvalue weighted by atomic mass is 10.1. The maximum absolute atomic E-state index is 12.9. The minimum Gasteiger partial charge on any atom is -0.493 e. The standard InChI is InChI=1S/C28H25ClN2O5S/c1-17-4-7-19(8-5-17)15-31-27(33)25(37-28(31)34)13-20-9-11-23(24(12-20)35-3)36-16-26(32)30-21-10-6-18(2)22(29)14-21/h4-14H,15-16H2,1-3H3,(H,30,32)/b25-13-. The van der Waals surface area contributed by atoms with Gasteiger partial charge in [-0.3, -0.25) is 19.3 Å². The van der Waals surface area contributed by atoms with E-state index >= 15 is 0 Å². The van der Waals surface area contributed by atoms with Crippen molar-refractivity contribution in [3.05, 3.63) is 92.8 Å². The van der Waals surface area contributed by atoms with Crippen LogP contribution < -0.4 is 14.8 Å². The second-order valence-corrected chi connectivity index (χ2v) is 9.86. The van der Waals surface area contributed by atoms with E-state index in [9.17, 15) is 14.4 Å². The molecule has 0 spiro atoms. The quantitative estimate of drug-likeness (QED) is 0.344. The minimum absolute atomic E-state index is 0.218. The Morgan fingerprint density at radius 3 is 2.49 bits per heavy atom. The summed E-state index contributed by atoms with van der Waals surface area (Å²) in [5.74, 6) is 0.0547. The van der Waals surface area contributed by atoms with Crippen molar-refractivity contribution in [3.8, 4) is 11.5 Å². The number of nitrogens with one attached hydrogen (secondary N) is 1. The van der Waals surface area contributed by atoms with Gasteiger partial charge in [-0.1, -0.05) is 53.6 Å². The maximum atomic E-state index is 12.9. The van der Waals surface area contributed by atoms with Crippen LogP contribution in [0.4, 0.5) is 10.5 Å². The molecule has 1 aliphatic heterocycles. The Hall–Kier alpha value is -3.75. The molecule has 1 heterocycles. The number of carbonyl (C=O) groups is 3. The summed E-state index contributed by atoms with van der Waals surface area (Å²) in [5, 5.41) is 2.98. The predicted octanol–water partition coefficient (Wildman–Crippen LogP) is 6.22. The molecule has 0 unspecified atom stereocenters. The first kappa shape index (κ1) is 26.3. The molecule has 3 aromatic carbocycles. The van der Waals surface area contributed by atoms with Gasteiger partial charge in [0.25, 0.3) is 17.1 Å². The maximum Gasteiger partial charge on any atom is 0.293 e. The Balaban J connectivity index is 1.41. The van der Waals surface area contributed by atoms with E-state index in [4.69, 9.17) is 21.1 Å². The van der Waals surface area contributed by atoms with Crippen molar-refractivity contribution in [2.75, 3.05) is 19.0 Å². The lowest BCUT2D eigenvalue weighted by Gasteiger charge is -2.13. The van der Waals surface area contributed by atoms with Gasteiger partial charge in [-0.15, -0.1) is 0 Å². The number of nitrogens with zero attached hydrogens (tertiary/aromatic N) is 1. The molecule has 3 aromatic rings. The van der Waals surface area contributed by atoms with Gasteiger partial charge in [0.05, 0.1) is 18.6 Å². The summed E-state index contributed by atoms with van der Waals surface area (Å²) in [5.41, 5.74) is 4.13. The van der Waals surface area contributed by atoms with E-state index in [0.717, 1.165) is 28.5 Å². The summed E-state index contributed by atoms with van der Waals surface area (Å²) in [6.07, 6.45) is 1.64. The van der Waals surface area contributed by atoms with Crippen molar-refractivity contribution in [2.45, 2.75) is 20.4 Å². The van der Waals surface area contributed by atoms with Crippen LogP contribution in [0.5, 0.6) is 11.5 Å². The number of halogens is 1. The average molecular weight is 537 g/mol. The molecule has 0 atom stereocenters. The second-order valence-electron chi connectivity index (χ2n) is 8.46. The highest BCUT2D eigenvalue weighted by Crippen LogP contribution is 2.35. The van der Waals surface area contributed by atoms with Crippen molar-refractivity contribution in [1.82, 2.24) is 4.90 Å². The van der Waals surface area contributed by atoms with Crippen LogP contribution in [0.1, 0.15) is 22.3 Å². The van der Waals surface area contributed by atoms with Crippen molar-refractivity contribution in [1.29, 1.82) is 0 Å². The summed E-state index contributed by atoms with van der Waals surface area (Å²) in [7, 11) is 1.48. The highest BCUT2D eigenvalue weighted by atomic mass is 35.5. The summed E-state index contributed by atoms with van der Waals surface area (Å²) >= 11 is 7.00. The minimum atomic E-state index is -0.353. The number of hydrogen-bond acceptors (Lipinski definition) is 6. The van der Waals surface area contributed by atoms with E-state index in [0.29, 0.717) is 32.7 Å². The molecule has 0 bridgehead atoms. The molecule has 37 heavy (non-hydrogen) atoms. The summed E-state index contributed by atoms with van der Waals surface area (Å²) in [4.78, 5) is 39.2. The Kier molecular flexibility index (Phi) is 8.21. The van der Waals surface area contributed by atoms with Gasteiger partial charge in [-0.05, 0) is 72.6 Å². The summed E-state index contributed by atoms with van der Waals surface area (Å²) in [6, 6.07) is 18.0. The number of thioether (sulfide) groups is 1. The molecule has 1 aliphatic rings. The van der Waals surface area contributed by atoms with Crippen LogP contribution in [0, 0.1) is 13.8 Å². The van der Waals surface area contributed by atoms with Crippen LogP contribution in [0.3, 0.4) is 0 Å². The highest BCUT2D eigenvalue weighted by Gasteiger charge is 2.35. The monoisotopic (exact) mass is 536 g/mol. The van der Waals surface area contributed by atoms with Gasteiger partial charge < -0.3 is 14.8 Å². The molecular weight excluding hydrogens is 512 g/mol. The topological polar surface area (TPSA) is 84.9 Å². The Bertz CT molecular complexity index is 1390. The zero-order chi connectivity index (χ0) is 26.5. The molecule has 0 radical (unpaired) electrons. The third kappa shape index (κ3) is 6.53. The molecule has 1 fully saturated rings. The zero-order valence-corrected chi connectivity index (χ0v) is 22.1. The number of anilines is 1. The van der Waals surface area contributed by atoms with Crippen molar-refractivity contribution in [3.63, 3.8) is 0 Å². The summed E-state index contributed by atoms with van der Waals surface area (Å²) in [6.45, 7) is 3.84. The number of carbonyl (C=O) groups excluding carboxylic acids is 3. The number of aryl methyl sites for hydroxylation is 2. The van der Waals surface area contributed by atoms with E-state index in [-0.39, 0.29) is 30.2 Å². The number of hydrogen-bond donors (Lipinski definition) is 1. The number of amides is 3.